The first kappa shape index (κ1) is 33.1. The number of aromatic nitrogens is 1. The first-order valence-corrected chi connectivity index (χ1v) is 13.8. The quantitative estimate of drug-likeness (QED) is 0.0791. The Morgan fingerprint density at radius 1 is 0.951 bits per heavy atom. The van der Waals surface area contributed by atoms with Crippen LogP contribution >= 0.6 is 0 Å². The lowest BCUT2D eigenvalue weighted by Gasteiger charge is -2.27. The molecule has 0 fully saturated rings. The molecule has 2 aromatic rings. The van der Waals surface area contributed by atoms with Crippen molar-refractivity contribution in [3.05, 3.63) is 36.0 Å². The number of carbonyl (C=O) groups is 4. The molecule has 11 N–H and O–H groups in total. The molecule has 0 aliphatic heterocycles. The van der Waals surface area contributed by atoms with Crippen molar-refractivity contribution in [2.45, 2.75) is 77.5 Å². The summed E-state index contributed by atoms with van der Waals surface area (Å²) >= 11 is 0. The maximum Gasteiger partial charge on any atom is 0.326 e. The number of aliphatic imine (C=N–C) groups is 1. The number of hydrogen-bond donors (Lipinski definition) is 8. The summed E-state index contributed by atoms with van der Waals surface area (Å²) in [5.74, 6) is -3.29. The molecule has 1 aromatic heterocycles. The minimum Gasteiger partial charge on any atom is -0.480 e. The molecule has 1 aromatic carbocycles. The molecule has 226 valence electrons. The standard InChI is InChI=1S/C28H44N8O5/c1-15(2)12-22(27(40)41)35-26(39)23(16(3)4)36-25(38)21(13-17-14-33-20-10-6-5-8-18(17)20)34-24(37)19(29)9-7-11-32-28(30)31/h5-6,8,10,14-16,19,21-23,33H,7,9,11-13,29H2,1-4H3,(H,34,37)(H,35,39)(H,36,38)(H,40,41)(H4,30,31,32). The van der Waals surface area contributed by atoms with E-state index in [0.29, 0.717) is 13.0 Å². The van der Waals surface area contributed by atoms with Crippen molar-refractivity contribution in [1.29, 1.82) is 0 Å². The lowest BCUT2D eigenvalue weighted by atomic mass is 9.99. The van der Waals surface area contributed by atoms with Crippen LogP contribution in [0.25, 0.3) is 10.9 Å². The SMILES string of the molecule is CC(C)CC(NC(=O)C(NC(=O)C(Cc1c[nH]c2ccccc12)NC(=O)C(N)CCCN=C(N)N)C(C)C)C(=O)O. The fourth-order valence-corrected chi connectivity index (χ4v) is 4.40. The number of fused-ring (bicyclic) bond motifs is 1. The van der Waals surface area contributed by atoms with Gasteiger partial charge in [0, 0.05) is 30.1 Å². The maximum atomic E-state index is 13.6. The molecule has 4 unspecified atom stereocenters. The number of aromatic amines is 1. The summed E-state index contributed by atoms with van der Waals surface area (Å²) in [6, 6.07) is 3.43. The molecular weight excluding hydrogens is 528 g/mol. The zero-order chi connectivity index (χ0) is 30.7. The van der Waals surface area contributed by atoms with Crippen LogP contribution in [0.1, 0.15) is 52.5 Å². The first-order valence-electron chi connectivity index (χ1n) is 13.8. The molecule has 0 aliphatic carbocycles. The van der Waals surface area contributed by atoms with Crippen molar-refractivity contribution in [1.82, 2.24) is 20.9 Å². The lowest BCUT2D eigenvalue weighted by Crippen LogP contribution is -2.59. The zero-order valence-corrected chi connectivity index (χ0v) is 24.1. The van der Waals surface area contributed by atoms with E-state index >= 15 is 0 Å². The Kier molecular flexibility index (Phi) is 12.6. The van der Waals surface area contributed by atoms with Crippen molar-refractivity contribution >= 4 is 40.6 Å². The number of H-pyrrole nitrogens is 1. The monoisotopic (exact) mass is 572 g/mol. The second-order valence-corrected chi connectivity index (χ2v) is 10.9. The van der Waals surface area contributed by atoms with Gasteiger partial charge in [0.25, 0.3) is 0 Å². The Morgan fingerprint density at radius 2 is 1.61 bits per heavy atom. The van der Waals surface area contributed by atoms with Gasteiger partial charge in [-0.05, 0) is 42.7 Å². The number of nitrogens with one attached hydrogen (secondary N) is 4. The van der Waals surface area contributed by atoms with Crippen LogP contribution in [0.15, 0.2) is 35.5 Å². The number of nitrogens with zero attached hydrogens (tertiary/aromatic N) is 1. The number of aliphatic carboxylic acids is 1. The highest BCUT2D eigenvalue weighted by Crippen LogP contribution is 2.19. The number of carboxylic acids is 1. The second-order valence-electron chi connectivity index (χ2n) is 10.9. The van der Waals surface area contributed by atoms with E-state index in [0.717, 1.165) is 16.5 Å². The van der Waals surface area contributed by atoms with E-state index < -0.39 is 47.9 Å². The van der Waals surface area contributed by atoms with Crippen LogP contribution in [0, 0.1) is 11.8 Å². The molecule has 13 nitrogen and oxygen atoms in total. The van der Waals surface area contributed by atoms with Crippen LogP contribution in [-0.2, 0) is 25.6 Å². The molecular formula is C28H44N8O5. The van der Waals surface area contributed by atoms with E-state index in [9.17, 15) is 24.3 Å². The number of guanidine groups is 1. The molecule has 4 atom stereocenters. The normalized spacial score (nSPS) is 14.2. The molecule has 41 heavy (non-hydrogen) atoms. The fourth-order valence-electron chi connectivity index (χ4n) is 4.40. The number of hydrogen-bond acceptors (Lipinski definition) is 6. The summed E-state index contributed by atoms with van der Waals surface area (Å²) in [5.41, 5.74) is 18.4. The van der Waals surface area contributed by atoms with Gasteiger partial charge in [0.2, 0.25) is 17.7 Å². The third kappa shape index (κ3) is 10.4. The number of nitrogens with two attached hydrogens (primary N) is 3. The second kappa shape index (κ2) is 15.6. The van der Waals surface area contributed by atoms with E-state index in [1.807, 2.05) is 38.1 Å². The smallest absolute Gasteiger partial charge is 0.326 e. The van der Waals surface area contributed by atoms with Gasteiger partial charge in [-0.1, -0.05) is 45.9 Å². The van der Waals surface area contributed by atoms with Gasteiger partial charge in [-0.2, -0.15) is 0 Å². The van der Waals surface area contributed by atoms with Crippen molar-refractivity contribution in [2.75, 3.05) is 6.54 Å². The summed E-state index contributed by atoms with van der Waals surface area (Å²) in [4.78, 5) is 58.5. The van der Waals surface area contributed by atoms with Crippen LogP contribution in [0.4, 0.5) is 0 Å². The summed E-state index contributed by atoms with van der Waals surface area (Å²) in [6.07, 6.45) is 2.87. The average molecular weight is 573 g/mol. The van der Waals surface area contributed by atoms with E-state index in [1.54, 1.807) is 20.0 Å². The highest BCUT2D eigenvalue weighted by Gasteiger charge is 2.32. The molecule has 0 radical (unpaired) electrons. The van der Waals surface area contributed by atoms with E-state index in [1.165, 1.54) is 0 Å². The highest BCUT2D eigenvalue weighted by molar-refractivity contribution is 5.95. The van der Waals surface area contributed by atoms with Crippen LogP contribution in [0.5, 0.6) is 0 Å². The maximum absolute atomic E-state index is 13.6. The third-order valence-electron chi connectivity index (χ3n) is 6.60. The fraction of sp³-hybridized carbons (Fsp3) is 0.536. The molecule has 0 spiro atoms. The van der Waals surface area contributed by atoms with Crippen molar-refractivity contribution < 1.29 is 24.3 Å². The van der Waals surface area contributed by atoms with Gasteiger partial charge in [-0.15, -0.1) is 0 Å². The van der Waals surface area contributed by atoms with Gasteiger partial charge < -0.3 is 43.2 Å². The zero-order valence-electron chi connectivity index (χ0n) is 24.1. The van der Waals surface area contributed by atoms with E-state index in [-0.39, 0.29) is 37.1 Å². The molecule has 0 saturated heterocycles. The third-order valence-corrected chi connectivity index (χ3v) is 6.60. The molecule has 0 saturated carbocycles. The Labute approximate surface area is 240 Å². The topological polar surface area (TPSA) is 231 Å². The molecule has 13 heteroatoms. The molecule has 2 rings (SSSR count). The number of carbonyl (C=O) groups excluding carboxylic acids is 3. The van der Waals surface area contributed by atoms with Gasteiger partial charge in [-0.25, -0.2) is 4.79 Å². The summed E-state index contributed by atoms with van der Waals surface area (Å²) in [5, 5.41) is 18.5. The van der Waals surface area contributed by atoms with Crippen LogP contribution < -0.4 is 33.2 Å². The molecule has 1 heterocycles. The van der Waals surface area contributed by atoms with Crippen LogP contribution in [0.3, 0.4) is 0 Å². The first-order chi connectivity index (χ1) is 19.3. The van der Waals surface area contributed by atoms with Gasteiger partial charge >= 0.3 is 5.97 Å². The predicted octanol–water partition coefficient (Wildman–Crippen LogP) is 0.332. The minimum absolute atomic E-state index is 0.0305. The average Bonchev–Trinajstić information content (AvgIpc) is 3.30. The van der Waals surface area contributed by atoms with E-state index in [4.69, 9.17) is 17.2 Å². The number of para-hydroxylation sites is 1. The van der Waals surface area contributed by atoms with Gasteiger partial charge in [0.1, 0.15) is 18.1 Å². The Hall–Kier alpha value is -4.13. The summed E-state index contributed by atoms with van der Waals surface area (Å²) < 4.78 is 0. The van der Waals surface area contributed by atoms with Crippen LogP contribution in [0.2, 0.25) is 0 Å². The summed E-state index contributed by atoms with van der Waals surface area (Å²) in [7, 11) is 0. The molecule has 0 bridgehead atoms. The van der Waals surface area contributed by atoms with Crippen molar-refractivity contribution in [3.63, 3.8) is 0 Å². The minimum atomic E-state index is -1.15. The number of rotatable bonds is 16. The van der Waals surface area contributed by atoms with Gasteiger partial charge in [-0.3, -0.25) is 19.4 Å². The van der Waals surface area contributed by atoms with E-state index in [2.05, 4.69) is 25.9 Å². The molecule has 3 amide bonds. The van der Waals surface area contributed by atoms with Crippen LogP contribution in [-0.4, -0.2) is 70.5 Å². The lowest BCUT2D eigenvalue weighted by molar-refractivity contribution is -0.143. The van der Waals surface area contributed by atoms with Gasteiger partial charge in [0.15, 0.2) is 5.96 Å². The predicted molar refractivity (Wildman–Crippen MR) is 158 cm³/mol. The Morgan fingerprint density at radius 3 is 2.22 bits per heavy atom. The number of carboxylic acid groups (broad SMARTS) is 1. The number of amides is 3. The highest BCUT2D eigenvalue weighted by atomic mass is 16.4. The van der Waals surface area contributed by atoms with Crippen molar-refractivity contribution in [2.24, 2.45) is 34.0 Å². The largest absolute Gasteiger partial charge is 0.480 e. The summed E-state index contributed by atoms with van der Waals surface area (Å²) in [6.45, 7) is 7.49. The van der Waals surface area contributed by atoms with Crippen molar-refractivity contribution in [3.8, 4) is 0 Å². The Balaban J connectivity index is 2.24. The number of benzene rings is 1. The Bertz CT molecular complexity index is 1220. The van der Waals surface area contributed by atoms with Gasteiger partial charge in [0.05, 0.1) is 6.04 Å². The molecule has 0 aliphatic rings.